The maximum Gasteiger partial charge on any atom is 0.312 e. The number of hydrogen-bond donors (Lipinski definition) is 15. The van der Waals surface area contributed by atoms with Gasteiger partial charge in [-0.05, 0) is 115 Å². The van der Waals surface area contributed by atoms with Crippen molar-refractivity contribution >= 4 is 99.3 Å². The van der Waals surface area contributed by atoms with E-state index in [4.69, 9.17) is 34.5 Å². The zero-order valence-electron chi connectivity index (χ0n) is 55.7. The second-order valence-corrected chi connectivity index (χ2v) is 24.6. The predicted molar refractivity (Wildman–Crippen MR) is 369 cm³/mol. The summed E-state index contributed by atoms with van der Waals surface area (Å²) in [7, 11) is 1.21. The molecule has 536 valence electrons. The highest BCUT2D eigenvalue weighted by molar-refractivity contribution is 6.30. The molecule has 6 rings (SSSR count). The summed E-state index contributed by atoms with van der Waals surface area (Å²) in [5.74, 6) is -9.36. The summed E-state index contributed by atoms with van der Waals surface area (Å²) >= 11 is 6.22. The lowest BCUT2D eigenvalue weighted by molar-refractivity contribution is -0.143. The number of halogens is 1. The zero-order chi connectivity index (χ0) is 73.0. The summed E-state index contributed by atoms with van der Waals surface area (Å²) in [5.41, 5.74) is 23.7. The maximum atomic E-state index is 14.9. The minimum atomic E-state index is -1.82. The quantitative estimate of drug-likeness (QED) is 0.0124. The van der Waals surface area contributed by atoms with Gasteiger partial charge >= 0.3 is 6.03 Å². The Morgan fingerprint density at radius 2 is 1.22 bits per heavy atom. The van der Waals surface area contributed by atoms with Crippen LogP contribution in [0.25, 0.3) is 10.8 Å². The zero-order valence-corrected chi connectivity index (χ0v) is 56.5. The molecule has 2 heterocycles. The molecule has 1 aromatic heterocycles. The molecule has 0 unspecified atom stereocenters. The van der Waals surface area contributed by atoms with E-state index in [1.807, 2.05) is 42.5 Å². The van der Waals surface area contributed by atoms with Crippen molar-refractivity contribution in [1.29, 1.82) is 0 Å². The Hall–Kier alpha value is -10.9. The molecule has 0 radical (unpaired) electrons. The molecule has 19 N–H and O–H groups in total. The number of guanidine groups is 1. The van der Waals surface area contributed by atoms with Crippen LogP contribution >= 0.6 is 11.6 Å². The minimum absolute atomic E-state index is 0.0282. The summed E-state index contributed by atoms with van der Waals surface area (Å²) in [6, 6.07) is 15.3. The topological polar surface area (TPSA) is 489 Å². The molecule has 32 heteroatoms. The number of likely N-dealkylation sites (tertiary alicyclic amines) is 1. The molecule has 100 heavy (non-hydrogen) atoms. The number of aliphatic hydroxyl groups excluding tert-OH is 1. The van der Waals surface area contributed by atoms with Crippen molar-refractivity contribution in [2.45, 2.75) is 139 Å². The van der Waals surface area contributed by atoms with Crippen LogP contribution in [0.4, 0.5) is 4.79 Å². The van der Waals surface area contributed by atoms with Gasteiger partial charge in [0.05, 0.1) is 13.2 Å². The molecule has 0 aliphatic carbocycles. The molecule has 1 fully saturated rings. The summed E-state index contributed by atoms with van der Waals surface area (Å²) < 4.78 is 0. The fraction of sp³-hybridized carbons (Fsp3) is 0.412. The van der Waals surface area contributed by atoms with Gasteiger partial charge in [-0.15, -0.1) is 0 Å². The number of likely N-dealkylation sites (N-methyl/N-ethyl adjacent to an activating group) is 1. The molecule has 31 nitrogen and oxygen atoms in total. The third-order valence-corrected chi connectivity index (χ3v) is 16.7. The summed E-state index contributed by atoms with van der Waals surface area (Å²) in [5, 5.41) is 46.8. The van der Waals surface area contributed by atoms with Crippen LogP contribution in [-0.2, 0) is 78.4 Å². The number of rotatable bonds is 37. The Labute approximate surface area is 582 Å². The molecule has 4 aromatic carbocycles. The summed E-state index contributed by atoms with van der Waals surface area (Å²) in [4.78, 5) is 175. The highest BCUT2D eigenvalue weighted by Gasteiger charge is 2.40. The fourth-order valence-corrected chi connectivity index (χ4v) is 11.3. The van der Waals surface area contributed by atoms with E-state index in [0.29, 0.717) is 33.7 Å². The number of pyridine rings is 1. The number of hydrogen-bond acceptors (Lipinski definition) is 16. The van der Waals surface area contributed by atoms with Crippen LogP contribution in [0.5, 0.6) is 5.75 Å². The number of benzene rings is 4. The smallest absolute Gasteiger partial charge is 0.312 e. The number of carbonyl (C=O) groups is 12. The fourth-order valence-electron chi connectivity index (χ4n) is 11.2. The number of aromatic nitrogens is 1. The molecule has 1 aliphatic rings. The number of nitrogens with zero attached hydrogens (tertiary/aromatic N) is 4. The standard InChI is InChI=1S/C68H88ClN17O14/c1-39(58(70)91)78-63(96)55-16-10-30-86(55)66(99)50(15-9-29-75-67(71)72)80-57(90)37-77-59(92)49(14-6-7-28-76-68(73)100)81-64(97)56(35-42-20-25-48(89)26-21-42)85(3)65(98)54(38-87)84-62(95)53(34-44-11-8-27-74-36-44)83-61(94)52(32-41-18-23-47(69)24-19-41)82-60(93)51(79-40(2)88)33-43-17-22-45-12-4-5-13-46(45)31-43/h4-5,8,11-13,17-27,31,36,39,49-56,87,89H,6-7,9-10,14-16,28-30,32-35,37-38H2,1-3H3,(H2,70,91)(H,77,92)(H,78,96)(H,79,88)(H,80,90)(H,81,97)(H,82,93)(H,83,94)(H,84,95)(H4,71,72,75)(H3,73,76,100)/t39-,49-,50+,51-,52-,53-,54+,55+,56+/m1/s1. The predicted octanol–water partition coefficient (Wildman–Crippen LogP) is -1.40. The molecule has 1 saturated heterocycles. The Morgan fingerprint density at radius 1 is 0.630 bits per heavy atom. The Bertz CT molecular complexity index is 3720. The minimum Gasteiger partial charge on any atom is -0.508 e. The van der Waals surface area contributed by atoms with E-state index in [0.717, 1.165) is 15.7 Å². The second kappa shape index (κ2) is 38.9. The van der Waals surface area contributed by atoms with Gasteiger partial charge in [-0.1, -0.05) is 84.4 Å². The van der Waals surface area contributed by atoms with Crippen molar-refractivity contribution in [2.75, 3.05) is 39.8 Å². The van der Waals surface area contributed by atoms with Crippen LogP contribution in [0, 0.1) is 0 Å². The summed E-state index contributed by atoms with van der Waals surface area (Å²) in [6.07, 6.45) is 3.32. The third kappa shape index (κ3) is 24.9. The molecule has 9 atom stereocenters. The maximum absolute atomic E-state index is 14.9. The van der Waals surface area contributed by atoms with Crippen molar-refractivity contribution in [1.82, 2.24) is 62.6 Å². The number of primary amides is 2. The molecular weight excluding hydrogens is 1310 g/mol. The van der Waals surface area contributed by atoms with Crippen LogP contribution in [0.15, 0.2) is 121 Å². The van der Waals surface area contributed by atoms with Crippen molar-refractivity contribution < 1.29 is 67.7 Å². The van der Waals surface area contributed by atoms with E-state index in [-0.39, 0.29) is 95.6 Å². The van der Waals surface area contributed by atoms with E-state index in [2.05, 4.69) is 57.8 Å². The first-order valence-corrected chi connectivity index (χ1v) is 32.9. The van der Waals surface area contributed by atoms with Gasteiger partial charge in [-0.3, -0.25) is 62.7 Å². The Kier molecular flexibility index (Phi) is 30.3. The molecule has 13 amide bonds. The van der Waals surface area contributed by atoms with Gasteiger partial charge in [-0.25, -0.2) is 4.79 Å². The molecule has 0 bridgehead atoms. The van der Waals surface area contributed by atoms with Crippen LogP contribution < -0.4 is 70.8 Å². The highest BCUT2D eigenvalue weighted by atomic mass is 35.5. The van der Waals surface area contributed by atoms with Gasteiger partial charge in [0.25, 0.3) is 0 Å². The first-order chi connectivity index (χ1) is 47.7. The average molecular weight is 1400 g/mol. The third-order valence-electron chi connectivity index (χ3n) is 16.5. The van der Waals surface area contributed by atoms with Gasteiger partial charge in [0.1, 0.15) is 60.1 Å². The van der Waals surface area contributed by atoms with E-state index >= 15 is 0 Å². The lowest BCUT2D eigenvalue weighted by Gasteiger charge is -2.32. The SMILES string of the molecule is CC(=O)N[C@H](Cc1ccc2ccccc2c1)C(=O)N[C@H](Cc1ccc(Cl)cc1)C(=O)N[C@H](Cc1cccnc1)C(=O)N[C@@H](CO)C(=O)N(C)[C@@H](Cc1ccc(O)cc1)C(=O)N[C@H](CCCCNC(N)=O)C(=O)NCC(=O)N[C@@H](CCCN=C(N)N)C(=O)N1CCC[C@H]1C(=O)N[C@H](C)C(N)=O. The van der Waals surface area contributed by atoms with Crippen molar-refractivity contribution in [3.8, 4) is 5.75 Å². The number of aliphatic hydroxyl groups is 1. The van der Waals surface area contributed by atoms with Crippen LogP contribution in [0.1, 0.15) is 81.0 Å². The summed E-state index contributed by atoms with van der Waals surface area (Å²) in [6.45, 7) is 1.07. The number of amides is 13. The number of unbranched alkanes of at least 4 members (excludes halogenated alkanes) is 1. The number of phenolic OH excluding ortho intramolecular Hbond substituents is 1. The number of urea groups is 1. The normalized spacial score (nSPS) is 14.9. The number of fused-ring (bicyclic) bond motifs is 1. The number of aliphatic imine (C=N–C) groups is 1. The monoisotopic (exact) mass is 1400 g/mol. The number of nitrogens with two attached hydrogens (primary N) is 4. The van der Waals surface area contributed by atoms with E-state index in [1.54, 1.807) is 36.4 Å². The van der Waals surface area contributed by atoms with Gasteiger partial charge in [0.2, 0.25) is 65.0 Å². The van der Waals surface area contributed by atoms with E-state index < -0.39 is 139 Å². The Morgan fingerprint density at radius 3 is 1.84 bits per heavy atom. The first kappa shape index (κ1) is 78.1. The lowest BCUT2D eigenvalue weighted by Crippen LogP contribution is -2.61. The largest absolute Gasteiger partial charge is 0.508 e. The van der Waals surface area contributed by atoms with Gasteiger partial charge in [0, 0.05) is 76.7 Å². The lowest BCUT2D eigenvalue weighted by atomic mass is 9.99. The highest BCUT2D eigenvalue weighted by Crippen LogP contribution is 2.22. The molecule has 0 saturated carbocycles. The number of aromatic hydroxyl groups is 1. The number of carbonyl (C=O) groups excluding carboxylic acids is 12. The molecular formula is C68H88ClN17O14. The van der Waals surface area contributed by atoms with Gasteiger partial charge in [-0.2, -0.15) is 0 Å². The van der Waals surface area contributed by atoms with Crippen molar-refractivity contribution in [3.63, 3.8) is 0 Å². The number of nitrogens with one attached hydrogen (secondary N) is 9. The van der Waals surface area contributed by atoms with E-state index in [9.17, 15) is 67.7 Å². The van der Waals surface area contributed by atoms with E-state index in [1.165, 1.54) is 62.5 Å². The average Bonchev–Trinajstić information content (AvgIpc) is 1.33. The van der Waals surface area contributed by atoms with Crippen molar-refractivity contribution in [3.05, 3.63) is 143 Å². The number of phenols is 1. The van der Waals surface area contributed by atoms with Gasteiger partial charge in [0.15, 0.2) is 5.96 Å². The molecule has 0 spiro atoms. The molecule has 1 aliphatic heterocycles. The second-order valence-electron chi connectivity index (χ2n) is 24.2. The first-order valence-electron chi connectivity index (χ1n) is 32.5. The van der Waals surface area contributed by atoms with Gasteiger partial charge < -0.3 is 90.8 Å². The molecule has 5 aromatic rings. The van der Waals surface area contributed by atoms with Crippen LogP contribution in [-0.4, -0.2) is 196 Å². The van der Waals surface area contributed by atoms with Crippen molar-refractivity contribution in [2.24, 2.45) is 27.9 Å². The van der Waals surface area contributed by atoms with Crippen LogP contribution in [0.3, 0.4) is 0 Å². The van der Waals surface area contributed by atoms with Crippen LogP contribution in [0.2, 0.25) is 5.02 Å². The Balaban J connectivity index is 1.23.